The number of hydrogen-bond acceptors (Lipinski definition) is 5. The monoisotopic (exact) mass is 493 g/mol. The van der Waals surface area contributed by atoms with Crippen LogP contribution in [-0.2, 0) is 15.8 Å². The van der Waals surface area contributed by atoms with Gasteiger partial charge in [-0.3, -0.25) is 13.9 Å². The minimum Gasteiger partial charge on any atom is -0.385 e. The number of anilines is 2. The van der Waals surface area contributed by atoms with E-state index in [1.165, 1.54) is 6.42 Å². The predicted molar refractivity (Wildman–Crippen MR) is 142 cm³/mol. The SMILES string of the molecule is CCC[C@H](NCCNC(=O)c1cc(NCC2CC2C)cc(N(C)S(C)=O)c1)C(=O)NCC(C)C. The maximum atomic E-state index is 12.9. The fourth-order valence-electron chi connectivity index (χ4n) is 3.67. The van der Waals surface area contributed by atoms with Gasteiger partial charge in [-0.1, -0.05) is 34.1 Å². The molecule has 1 aliphatic carbocycles. The second-order valence-electron chi connectivity index (χ2n) is 9.73. The third kappa shape index (κ3) is 9.25. The summed E-state index contributed by atoms with van der Waals surface area (Å²) >= 11 is 0. The van der Waals surface area contributed by atoms with Crippen LogP contribution in [0.2, 0.25) is 0 Å². The van der Waals surface area contributed by atoms with Crippen LogP contribution in [0.1, 0.15) is 57.3 Å². The summed E-state index contributed by atoms with van der Waals surface area (Å²) in [5, 5.41) is 12.6. The Hall–Kier alpha value is -2.13. The molecule has 1 aromatic rings. The lowest BCUT2D eigenvalue weighted by Gasteiger charge is -2.20. The summed E-state index contributed by atoms with van der Waals surface area (Å²) in [7, 11) is 0.557. The zero-order valence-electron chi connectivity index (χ0n) is 21.6. The Morgan fingerprint density at radius 1 is 1.18 bits per heavy atom. The molecule has 0 aliphatic heterocycles. The van der Waals surface area contributed by atoms with Crippen molar-refractivity contribution in [3.05, 3.63) is 23.8 Å². The molecule has 4 atom stereocenters. The van der Waals surface area contributed by atoms with Crippen molar-refractivity contribution in [3.8, 4) is 0 Å². The molecule has 0 saturated heterocycles. The lowest BCUT2D eigenvalue weighted by Crippen LogP contribution is -2.47. The Kier molecular flexibility index (Phi) is 11.3. The van der Waals surface area contributed by atoms with Crippen LogP contribution in [0.4, 0.5) is 11.4 Å². The first kappa shape index (κ1) is 28.1. The number of nitrogens with zero attached hydrogens (tertiary/aromatic N) is 1. The van der Waals surface area contributed by atoms with E-state index < -0.39 is 11.0 Å². The summed E-state index contributed by atoms with van der Waals surface area (Å²) in [4.78, 5) is 25.3. The van der Waals surface area contributed by atoms with E-state index in [4.69, 9.17) is 0 Å². The van der Waals surface area contributed by atoms with E-state index in [9.17, 15) is 13.8 Å². The van der Waals surface area contributed by atoms with Gasteiger partial charge >= 0.3 is 0 Å². The van der Waals surface area contributed by atoms with Crippen LogP contribution < -0.4 is 25.6 Å². The first-order chi connectivity index (χ1) is 16.1. The van der Waals surface area contributed by atoms with Gasteiger partial charge in [0.25, 0.3) is 5.91 Å². The largest absolute Gasteiger partial charge is 0.385 e. The average molecular weight is 494 g/mol. The minimum atomic E-state index is -1.19. The first-order valence-corrected chi connectivity index (χ1v) is 13.9. The quantitative estimate of drug-likeness (QED) is 0.281. The molecule has 1 aliphatic rings. The smallest absolute Gasteiger partial charge is 0.251 e. The summed E-state index contributed by atoms with van der Waals surface area (Å²) in [5.74, 6) is 1.61. The molecule has 4 N–H and O–H groups in total. The van der Waals surface area contributed by atoms with Gasteiger partial charge in [-0.15, -0.1) is 0 Å². The van der Waals surface area contributed by atoms with Gasteiger partial charge in [0, 0.05) is 50.7 Å². The van der Waals surface area contributed by atoms with Crippen molar-refractivity contribution in [3.63, 3.8) is 0 Å². The van der Waals surface area contributed by atoms with Crippen molar-refractivity contribution in [1.29, 1.82) is 0 Å². The molecule has 1 aromatic carbocycles. The second kappa shape index (κ2) is 13.7. The van der Waals surface area contributed by atoms with Gasteiger partial charge in [-0.25, -0.2) is 4.21 Å². The summed E-state index contributed by atoms with van der Waals surface area (Å²) in [5.41, 5.74) is 2.09. The molecule has 1 fully saturated rings. The van der Waals surface area contributed by atoms with E-state index in [0.717, 1.165) is 36.7 Å². The second-order valence-corrected chi connectivity index (χ2v) is 11.1. The molecule has 1 saturated carbocycles. The summed E-state index contributed by atoms with van der Waals surface area (Å²) < 4.78 is 13.6. The Morgan fingerprint density at radius 2 is 1.88 bits per heavy atom. The molecule has 8 nitrogen and oxygen atoms in total. The Bertz CT molecular complexity index is 848. The van der Waals surface area contributed by atoms with Crippen molar-refractivity contribution in [1.82, 2.24) is 16.0 Å². The molecule has 0 aromatic heterocycles. The van der Waals surface area contributed by atoms with Crippen molar-refractivity contribution in [2.45, 2.75) is 53.0 Å². The lowest BCUT2D eigenvalue weighted by molar-refractivity contribution is -0.123. The molecular formula is C25H43N5O3S. The molecule has 0 spiro atoms. The molecule has 2 rings (SSSR count). The van der Waals surface area contributed by atoms with Crippen LogP contribution in [-0.4, -0.2) is 61.5 Å². The van der Waals surface area contributed by atoms with Crippen LogP contribution in [0.25, 0.3) is 0 Å². The number of rotatable bonds is 15. The van der Waals surface area contributed by atoms with E-state index in [0.29, 0.717) is 37.0 Å². The predicted octanol–water partition coefficient (Wildman–Crippen LogP) is 2.74. The van der Waals surface area contributed by atoms with Crippen LogP contribution in [0.3, 0.4) is 0 Å². The summed E-state index contributed by atoms with van der Waals surface area (Å²) in [6, 6.07) is 5.26. The molecular weight excluding hydrogens is 450 g/mol. The highest BCUT2D eigenvalue weighted by molar-refractivity contribution is 7.85. The van der Waals surface area contributed by atoms with Gasteiger partial charge in [0.2, 0.25) is 5.91 Å². The van der Waals surface area contributed by atoms with Gasteiger partial charge < -0.3 is 21.3 Å². The molecule has 3 unspecified atom stereocenters. The van der Waals surface area contributed by atoms with Gasteiger partial charge in [0.05, 0.1) is 11.7 Å². The molecule has 0 heterocycles. The summed E-state index contributed by atoms with van der Waals surface area (Å²) in [6.07, 6.45) is 4.48. The van der Waals surface area contributed by atoms with E-state index in [1.807, 2.05) is 12.1 Å². The number of nitrogens with one attached hydrogen (secondary N) is 4. The van der Waals surface area contributed by atoms with Crippen molar-refractivity contribution >= 4 is 34.2 Å². The lowest BCUT2D eigenvalue weighted by atomic mass is 10.1. The van der Waals surface area contributed by atoms with Crippen LogP contribution in [0, 0.1) is 17.8 Å². The minimum absolute atomic E-state index is 0.00544. The Morgan fingerprint density at radius 3 is 2.47 bits per heavy atom. The van der Waals surface area contributed by atoms with Crippen LogP contribution in [0.5, 0.6) is 0 Å². The molecule has 0 radical (unpaired) electrons. The summed E-state index contributed by atoms with van der Waals surface area (Å²) in [6.45, 7) is 10.8. The van der Waals surface area contributed by atoms with Gasteiger partial charge in [-0.05, 0) is 48.8 Å². The Labute approximate surface area is 207 Å². The van der Waals surface area contributed by atoms with Crippen molar-refractivity contribution in [2.24, 2.45) is 17.8 Å². The Balaban J connectivity index is 1.95. The van der Waals surface area contributed by atoms with Gasteiger partial charge in [0.15, 0.2) is 0 Å². The zero-order chi connectivity index (χ0) is 25.3. The van der Waals surface area contributed by atoms with Gasteiger partial charge in [0.1, 0.15) is 11.0 Å². The average Bonchev–Trinajstić information content (AvgIpc) is 3.51. The number of carbonyl (C=O) groups excluding carboxylic acids is 2. The highest BCUT2D eigenvalue weighted by atomic mass is 32.2. The van der Waals surface area contributed by atoms with Crippen LogP contribution >= 0.6 is 0 Å². The maximum Gasteiger partial charge on any atom is 0.251 e. The van der Waals surface area contributed by atoms with Crippen molar-refractivity contribution in [2.75, 3.05) is 49.1 Å². The van der Waals surface area contributed by atoms with Gasteiger partial charge in [-0.2, -0.15) is 0 Å². The van der Waals surface area contributed by atoms with E-state index in [-0.39, 0.29) is 17.9 Å². The topological polar surface area (TPSA) is 103 Å². The van der Waals surface area contributed by atoms with Crippen LogP contribution in [0.15, 0.2) is 18.2 Å². The fourth-order valence-corrected chi connectivity index (χ4v) is 4.08. The zero-order valence-corrected chi connectivity index (χ0v) is 22.4. The molecule has 2 amide bonds. The first-order valence-electron chi connectivity index (χ1n) is 12.4. The number of amides is 2. The molecule has 9 heteroatoms. The maximum absolute atomic E-state index is 12.9. The normalized spacial score (nSPS) is 18.8. The third-order valence-electron chi connectivity index (χ3n) is 6.15. The highest BCUT2D eigenvalue weighted by Crippen LogP contribution is 2.37. The van der Waals surface area contributed by atoms with E-state index in [2.05, 4.69) is 49.0 Å². The number of benzene rings is 1. The molecule has 0 bridgehead atoms. The highest BCUT2D eigenvalue weighted by Gasteiger charge is 2.32. The van der Waals surface area contributed by atoms with E-state index in [1.54, 1.807) is 23.7 Å². The molecule has 192 valence electrons. The number of hydrogen-bond donors (Lipinski definition) is 4. The fraction of sp³-hybridized carbons (Fsp3) is 0.680. The molecule has 34 heavy (non-hydrogen) atoms. The third-order valence-corrected chi connectivity index (χ3v) is 7.14. The van der Waals surface area contributed by atoms with Crippen molar-refractivity contribution < 1.29 is 13.8 Å². The number of carbonyl (C=O) groups is 2. The van der Waals surface area contributed by atoms with E-state index >= 15 is 0 Å². The standard InChI is InChI=1S/C25H43N5O3S/c1-7-8-23(25(32)29-15-17(2)3)26-9-10-27-24(31)19-12-21(28-16-20-11-18(20)4)14-22(13-19)30(5)34(6)33/h12-14,17-18,20,23,26,28H,7-11,15-16H2,1-6H3,(H,27,31)(H,29,32)/t18?,20?,23-,34?/m0/s1.